The number of benzene rings is 2. The quantitative estimate of drug-likeness (QED) is 0.780. The van der Waals surface area contributed by atoms with Crippen molar-refractivity contribution < 1.29 is 8.42 Å². The van der Waals surface area contributed by atoms with Gasteiger partial charge in [-0.15, -0.1) is 0 Å². The van der Waals surface area contributed by atoms with E-state index in [1.807, 2.05) is 30.3 Å². The highest BCUT2D eigenvalue weighted by Gasteiger charge is 2.07. The molecule has 0 radical (unpaired) electrons. The molecule has 0 aliphatic heterocycles. The summed E-state index contributed by atoms with van der Waals surface area (Å²) in [5.74, 6) is 0. The Balaban J connectivity index is 2.06. The van der Waals surface area contributed by atoms with Crippen LogP contribution in [0.1, 0.15) is 0 Å². The minimum absolute atomic E-state index is 0.334. The highest BCUT2D eigenvalue weighted by molar-refractivity contribution is 7.90. The third-order valence-corrected chi connectivity index (χ3v) is 4.18. The molecule has 1 N–H and O–H groups in total. The molecule has 5 heteroatoms. The molecule has 0 fully saturated rings. The van der Waals surface area contributed by atoms with Crippen molar-refractivity contribution in [3.8, 4) is 11.1 Å². The number of aromatic nitrogens is 2. The van der Waals surface area contributed by atoms with E-state index in [2.05, 4.69) is 10.2 Å². The second-order valence-corrected chi connectivity index (χ2v) is 6.48. The first-order valence-electron chi connectivity index (χ1n) is 5.78. The van der Waals surface area contributed by atoms with Crippen LogP contribution in [0.4, 0.5) is 0 Å². The van der Waals surface area contributed by atoms with E-state index in [-0.39, 0.29) is 0 Å². The second kappa shape index (κ2) is 4.20. The molecule has 3 aromatic rings. The largest absolute Gasteiger partial charge is 0.278 e. The molecule has 0 aliphatic carbocycles. The summed E-state index contributed by atoms with van der Waals surface area (Å²) in [7, 11) is -3.14. The van der Waals surface area contributed by atoms with E-state index in [1.165, 1.54) is 6.26 Å². The molecule has 0 saturated carbocycles. The van der Waals surface area contributed by atoms with Gasteiger partial charge in [-0.2, -0.15) is 5.10 Å². The summed E-state index contributed by atoms with van der Waals surface area (Å²) in [4.78, 5) is 0.334. The molecule has 19 heavy (non-hydrogen) atoms. The third kappa shape index (κ3) is 2.24. The average Bonchev–Trinajstić information content (AvgIpc) is 2.85. The van der Waals surface area contributed by atoms with Gasteiger partial charge in [0.2, 0.25) is 0 Å². The van der Waals surface area contributed by atoms with Gasteiger partial charge in [-0.05, 0) is 35.4 Å². The Morgan fingerprint density at radius 3 is 2.37 bits per heavy atom. The molecule has 0 saturated heterocycles. The number of rotatable bonds is 2. The molecule has 0 atom stereocenters. The Morgan fingerprint density at radius 2 is 1.68 bits per heavy atom. The summed E-state index contributed by atoms with van der Waals surface area (Å²) >= 11 is 0. The van der Waals surface area contributed by atoms with Gasteiger partial charge >= 0.3 is 0 Å². The summed E-state index contributed by atoms with van der Waals surface area (Å²) < 4.78 is 22.8. The van der Waals surface area contributed by atoms with Crippen LogP contribution in [-0.4, -0.2) is 24.9 Å². The number of fused-ring (bicyclic) bond motifs is 1. The van der Waals surface area contributed by atoms with Crippen molar-refractivity contribution in [2.75, 3.05) is 6.26 Å². The number of hydrogen-bond acceptors (Lipinski definition) is 3. The average molecular weight is 272 g/mol. The number of nitrogens with zero attached hydrogens (tertiary/aromatic N) is 1. The van der Waals surface area contributed by atoms with E-state index in [1.54, 1.807) is 18.3 Å². The van der Waals surface area contributed by atoms with Gasteiger partial charge in [0.15, 0.2) is 9.84 Å². The van der Waals surface area contributed by atoms with Crippen molar-refractivity contribution >= 4 is 20.7 Å². The molecule has 3 rings (SSSR count). The molecule has 0 aliphatic rings. The first-order chi connectivity index (χ1) is 9.04. The zero-order valence-electron chi connectivity index (χ0n) is 10.3. The van der Waals surface area contributed by atoms with Gasteiger partial charge in [0.05, 0.1) is 16.6 Å². The van der Waals surface area contributed by atoms with Crippen molar-refractivity contribution in [1.29, 1.82) is 0 Å². The Kier molecular flexibility index (Phi) is 2.64. The van der Waals surface area contributed by atoms with Crippen LogP contribution in [0, 0.1) is 0 Å². The Bertz CT molecular complexity index is 833. The van der Waals surface area contributed by atoms with Crippen LogP contribution in [0.5, 0.6) is 0 Å². The maximum Gasteiger partial charge on any atom is 0.175 e. The fourth-order valence-electron chi connectivity index (χ4n) is 2.02. The minimum atomic E-state index is -3.14. The number of hydrogen-bond donors (Lipinski definition) is 1. The van der Waals surface area contributed by atoms with E-state index in [0.717, 1.165) is 22.0 Å². The van der Waals surface area contributed by atoms with E-state index < -0.39 is 9.84 Å². The predicted octanol–water partition coefficient (Wildman–Crippen LogP) is 2.63. The number of aromatic amines is 1. The summed E-state index contributed by atoms with van der Waals surface area (Å²) in [6.45, 7) is 0. The third-order valence-electron chi connectivity index (χ3n) is 3.06. The van der Waals surface area contributed by atoms with Gasteiger partial charge in [-0.1, -0.05) is 18.2 Å². The standard InChI is InChI=1S/C14H12N2O2S/c1-19(17,18)13-5-2-10(3-6-13)11-4-7-14-12(8-11)9-15-16-14/h2-9H,1H3,(H,15,16). The molecule has 0 spiro atoms. The first-order valence-corrected chi connectivity index (χ1v) is 7.67. The summed E-state index contributed by atoms with van der Waals surface area (Å²) in [6.07, 6.45) is 2.98. The van der Waals surface area contributed by atoms with Crippen molar-refractivity contribution in [3.05, 3.63) is 48.7 Å². The lowest BCUT2D eigenvalue weighted by molar-refractivity contribution is 0.602. The van der Waals surface area contributed by atoms with Crippen molar-refractivity contribution in [2.24, 2.45) is 0 Å². The fourth-order valence-corrected chi connectivity index (χ4v) is 2.65. The van der Waals surface area contributed by atoms with Gasteiger partial charge in [0, 0.05) is 11.6 Å². The van der Waals surface area contributed by atoms with Gasteiger partial charge in [0.1, 0.15) is 0 Å². The molecule has 0 unspecified atom stereocenters. The zero-order chi connectivity index (χ0) is 13.5. The number of H-pyrrole nitrogens is 1. The summed E-state index contributed by atoms with van der Waals surface area (Å²) in [6, 6.07) is 12.9. The smallest absolute Gasteiger partial charge is 0.175 e. The molecule has 4 nitrogen and oxygen atoms in total. The van der Waals surface area contributed by atoms with Crippen LogP contribution in [-0.2, 0) is 9.84 Å². The topological polar surface area (TPSA) is 62.8 Å². The van der Waals surface area contributed by atoms with E-state index >= 15 is 0 Å². The van der Waals surface area contributed by atoms with E-state index in [9.17, 15) is 8.42 Å². The van der Waals surface area contributed by atoms with Crippen molar-refractivity contribution in [2.45, 2.75) is 4.90 Å². The minimum Gasteiger partial charge on any atom is -0.278 e. The van der Waals surface area contributed by atoms with Crippen LogP contribution in [0.25, 0.3) is 22.0 Å². The van der Waals surface area contributed by atoms with Crippen molar-refractivity contribution in [1.82, 2.24) is 10.2 Å². The van der Waals surface area contributed by atoms with Crippen LogP contribution in [0.15, 0.2) is 53.6 Å². The molecular formula is C14H12N2O2S. The maximum absolute atomic E-state index is 11.4. The number of nitrogens with one attached hydrogen (secondary N) is 1. The SMILES string of the molecule is CS(=O)(=O)c1ccc(-c2ccc3[nH]ncc3c2)cc1. The molecule has 2 aromatic carbocycles. The lowest BCUT2D eigenvalue weighted by Gasteiger charge is -2.03. The molecular weight excluding hydrogens is 260 g/mol. The highest BCUT2D eigenvalue weighted by Crippen LogP contribution is 2.24. The molecule has 1 aromatic heterocycles. The summed E-state index contributed by atoms with van der Waals surface area (Å²) in [5.41, 5.74) is 3.00. The fraction of sp³-hybridized carbons (Fsp3) is 0.0714. The van der Waals surface area contributed by atoms with Crippen LogP contribution < -0.4 is 0 Å². The molecule has 0 amide bonds. The van der Waals surface area contributed by atoms with Crippen LogP contribution >= 0.6 is 0 Å². The Labute approximate surface area is 111 Å². The predicted molar refractivity (Wildman–Crippen MR) is 74.6 cm³/mol. The van der Waals surface area contributed by atoms with Gasteiger partial charge < -0.3 is 0 Å². The van der Waals surface area contributed by atoms with Crippen molar-refractivity contribution in [3.63, 3.8) is 0 Å². The second-order valence-electron chi connectivity index (χ2n) is 4.47. The van der Waals surface area contributed by atoms with E-state index in [0.29, 0.717) is 4.90 Å². The molecule has 96 valence electrons. The lowest BCUT2D eigenvalue weighted by atomic mass is 10.0. The Hall–Kier alpha value is -2.14. The van der Waals surface area contributed by atoms with Gasteiger partial charge in [0.25, 0.3) is 0 Å². The molecule has 1 heterocycles. The molecule has 0 bridgehead atoms. The monoisotopic (exact) mass is 272 g/mol. The maximum atomic E-state index is 11.4. The first kappa shape index (κ1) is 11.9. The van der Waals surface area contributed by atoms with E-state index in [4.69, 9.17) is 0 Å². The highest BCUT2D eigenvalue weighted by atomic mass is 32.2. The van der Waals surface area contributed by atoms with Crippen LogP contribution in [0.3, 0.4) is 0 Å². The number of sulfone groups is 1. The van der Waals surface area contributed by atoms with Gasteiger partial charge in [-0.25, -0.2) is 8.42 Å². The summed E-state index contributed by atoms with van der Waals surface area (Å²) in [5, 5.41) is 7.91. The van der Waals surface area contributed by atoms with Crippen LogP contribution in [0.2, 0.25) is 0 Å². The van der Waals surface area contributed by atoms with Gasteiger partial charge in [-0.3, -0.25) is 5.10 Å². The normalized spacial score (nSPS) is 11.8. The zero-order valence-corrected chi connectivity index (χ0v) is 11.1. The lowest BCUT2D eigenvalue weighted by Crippen LogP contribution is -1.96. The Morgan fingerprint density at radius 1 is 1.00 bits per heavy atom.